The Morgan fingerprint density at radius 1 is 1.10 bits per heavy atom. The van der Waals surface area contributed by atoms with Crippen LogP contribution < -0.4 is 4.74 Å². The summed E-state index contributed by atoms with van der Waals surface area (Å²) in [7, 11) is 3.11. The van der Waals surface area contributed by atoms with E-state index in [4.69, 9.17) is 9.47 Å². The molecule has 1 heterocycles. The summed E-state index contributed by atoms with van der Waals surface area (Å²) < 4.78 is 10.4. The normalized spacial score (nSPS) is 18.1. The third kappa shape index (κ3) is 3.96. The number of carbonyl (C=O) groups is 2. The Kier molecular flexibility index (Phi) is 6.57. The summed E-state index contributed by atoms with van der Waals surface area (Å²) in [5.74, 6) is -0.859. The van der Waals surface area contributed by atoms with E-state index in [2.05, 4.69) is 6.92 Å². The van der Waals surface area contributed by atoms with Crippen molar-refractivity contribution in [2.75, 3.05) is 27.4 Å². The van der Waals surface area contributed by atoms with Gasteiger partial charge in [0.2, 0.25) is 0 Å². The quantitative estimate of drug-likeness (QED) is 0.429. The monoisotopic (exact) mass is 409 g/mol. The van der Waals surface area contributed by atoms with Gasteiger partial charge in [-0.1, -0.05) is 31.2 Å². The Morgan fingerprint density at radius 3 is 2.37 bits per heavy atom. The fourth-order valence-corrected chi connectivity index (χ4v) is 3.76. The summed E-state index contributed by atoms with van der Waals surface area (Å²) in [6.07, 6.45) is 0.884. The van der Waals surface area contributed by atoms with E-state index in [0.29, 0.717) is 11.3 Å². The van der Waals surface area contributed by atoms with Crippen LogP contribution >= 0.6 is 0 Å². The summed E-state index contributed by atoms with van der Waals surface area (Å²) >= 11 is 0. The molecule has 1 aliphatic rings. The number of likely N-dealkylation sites (tertiary alicyclic amines) is 1. The predicted molar refractivity (Wildman–Crippen MR) is 114 cm³/mol. The minimum Gasteiger partial charge on any atom is -0.507 e. The molecule has 1 fully saturated rings. The van der Waals surface area contributed by atoms with E-state index < -0.39 is 17.7 Å². The highest BCUT2D eigenvalue weighted by Gasteiger charge is 2.45. The van der Waals surface area contributed by atoms with Crippen LogP contribution in [0, 0.1) is 6.92 Å². The molecule has 1 unspecified atom stereocenters. The van der Waals surface area contributed by atoms with Crippen LogP contribution in [0.25, 0.3) is 5.76 Å². The number of aliphatic hydroxyl groups is 1. The van der Waals surface area contributed by atoms with Crippen molar-refractivity contribution >= 4 is 17.4 Å². The minimum absolute atomic E-state index is 0.0913. The SMILES string of the molecule is CCc1ccc(C2C(=C(O)c3ccc(OC)cc3C)C(=O)C(=O)N2CCOC)cc1. The van der Waals surface area contributed by atoms with E-state index in [-0.39, 0.29) is 24.5 Å². The molecule has 1 atom stereocenters. The Labute approximate surface area is 176 Å². The van der Waals surface area contributed by atoms with Crippen molar-refractivity contribution in [1.29, 1.82) is 0 Å². The zero-order valence-electron chi connectivity index (χ0n) is 17.8. The van der Waals surface area contributed by atoms with Crippen LogP contribution in [-0.4, -0.2) is 49.1 Å². The van der Waals surface area contributed by atoms with E-state index in [0.717, 1.165) is 23.1 Å². The summed E-state index contributed by atoms with van der Waals surface area (Å²) in [6.45, 7) is 4.42. The topological polar surface area (TPSA) is 76.1 Å². The van der Waals surface area contributed by atoms with Gasteiger partial charge in [0.25, 0.3) is 11.7 Å². The fraction of sp³-hybridized carbons (Fsp3) is 0.333. The molecule has 2 aromatic rings. The maximum atomic E-state index is 13.0. The molecule has 1 aliphatic heterocycles. The van der Waals surface area contributed by atoms with Gasteiger partial charge in [-0.3, -0.25) is 9.59 Å². The van der Waals surface area contributed by atoms with Crippen LogP contribution in [0.5, 0.6) is 5.75 Å². The molecular weight excluding hydrogens is 382 g/mol. The molecule has 158 valence electrons. The van der Waals surface area contributed by atoms with E-state index in [9.17, 15) is 14.7 Å². The largest absolute Gasteiger partial charge is 0.507 e. The molecule has 0 radical (unpaired) electrons. The van der Waals surface area contributed by atoms with Gasteiger partial charge in [-0.2, -0.15) is 0 Å². The van der Waals surface area contributed by atoms with Crippen LogP contribution in [0.15, 0.2) is 48.0 Å². The second kappa shape index (κ2) is 9.13. The summed E-state index contributed by atoms with van der Waals surface area (Å²) in [5.41, 5.74) is 3.26. The van der Waals surface area contributed by atoms with Crippen LogP contribution in [0.1, 0.15) is 35.2 Å². The predicted octanol–water partition coefficient (Wildman–Crippen LogP) is 3.63. The zero-order chi connectivity index (χ0) is 21.8. The van der Waals surface area contributed by atoms with Gasteiger partial charge in [-0.15, -0.1) is 0 Å². The first-order valence-electron chi connectivity index (χ1n) is 9.94. The van der Waals surface area contributed by atoms with Gasteiger partial charge in [-0.05, 0) is 48.2 Å². The van der Waals surface area contributed by atoms with Crippen LogP contribution in [-0.2, 0) is 20.7 Å². The number of hydrogen-bond donors (Lipinski definition) is 1. The van der Waals surface area contributed by atoms with E-state index in [1.807, 2.05) is 31.2 Å². The molecule has 30 heavy (non-hydrogen) atoms. The third-order valence-corrected chi connectivity index (χ3v) is 5.47. The fourth-order valence-electron chi connectivity index (χ4n) is 3.76. The highest BCUT2D eigenvalue weighted by molar-refractivity contribution is 6.46. The number of amides is 1. The molecule has 6 heteroatoms. The van der Waals surface area contributed by atoms with Gasteiger partial charge in [0, 0.05) is 19.2 Å². The van der Waals surface area contributed by atoms with Crippen molar-refractivity contribution in [1.82, 2.24) is 4.90 Å². The Morgan fingerprint density at radius 2 is 1.80 bits per heavy atom. The van der Waals surface area contributed by atoms with Crippen molar-refractivity contribution in [2.45, 2.75) is 26.3 Å². The first kappa shape index (κ1) is 21.6. The van der Waals surface area contributed by atoms with Gasteiger partial charge in [0.15, 0.2) is 0 Å². The second-order valence-corrected chi connectivity index (χ2v) is 7.26. The van der Waals surface area contributed by atoms with E-state index >= 15 is 0 Å². The summed E-state index contributed by atoms with van der Waals surface area (Å²) in [4.78, 5) is 27.2. The maximum Gasteiger partial charge on any atom is 0.295 e. The Balaban J connectivity index is 2.16. The Bertz CT molecular complexity index is 978. The lowest BCUT2D eigenvalue weighted by atomic mass is 9.93. The lowest BCUT2D eigenvalue weighted by Gasteiger charge is -2.25. The van der Waals surface area contributed by atoms with Crippen molar-refractivity contribution in [2.24, 2.45) is 0 Å². The number of aryl methyl sites for hydroxylation is 2. The summed E-state index contributed by atoms with van der Waals surface area (Å²) in [5, 5.41) is 11.1. The molecule has 0 aliphatic carbocycles. The van der Waals surface area contributed by atoms with Crippen molar-refractivity contribution < 1.29 is 24.2 Å². The summed E-state index contributed by atoms with van der Waals surface area (Å²) in [6, 6.07) is 12.3. The van der Waals surface area contributed by atoms with Crippen molar-refractivity contribution in [3.05, 3.63) is 70.3 Å². The lowest BCUT2D eigenvalue weighted by Crippen LogP contribution is -2.32. The standard InChI is InChI=1S/C24H27NO5/c1-5-16-6-8-17(9-7-16)21-20(23(27)24(28)25(21)12-13-29-3)22(26)19-11-10-18(30-4)14-15(19)2/h6-11,14,21,26H,5,12-13H2,1-4H3. The molecule has 0 spiro atoms. The Hall–Kier alpha value is -3.12. The van der Waals surface area contributed by atoms with Crippen LogP contribution in [0.3, 0.4) is 0 Å². The molecular formula is C24H27NO5. The molecule has 3 rings (SSSR count). The molecule has 1 N–H and O–H groups in total. The average Bonchev–Trinajstić information content (AvgIpc) is 3.01. The number of ether oxygens (including phenoxy) is 2. The number of carbonyl (C=O) groups excluding carboxylic acids is 2. The minimum atomic E-state index is -0.691. The number of nitrogens with zero attached hydrogens (tertiary/aromatic N) is 1. The molecule has 2 aromatic carbocycles. The highest BCUT2D eigenvalue weighted by Crippen LogP contribution is 2.40. The highest BCUT2D eigenvalue weighted by atomic mass is 16.5. The lowest BCUT2D eigenvalue weighted by molar-refractivity contribution is -0.140. The molecule has 0 saturated carbocycles. The van der Waals surface area contributed by atoms with Gasteiger partial charge >= 0.3 is 0 Å². The zero-order valence-corrected chi connectivity index (χ0v) is 17.8. The number of hydrogen-bond acceptors (Lipinski definition) is 5. The van der Waals surface area contributed by atoms with Gasteiger partial charge in [0.05, 0.1) is 25.3 Å². The number of rotatable bonds is 7. The smallest absolute Gasteiger partial charge is 0.295 e. The van der Waals surface area contributed by atoms with Gasteiger partial charge in [0.1, 0.15) is 11.5 Å². The average molecular weight is 409 g/mol. The van der Waals surface area contributed by atoms with Crippen molar-refractivity contribution in [3.63, 3.8) is 0 Å². The number of methoxy groups -OCH3 is 2. The number of Topliss-reactive ketones (excluding diaryl/α,β-unsaturated/α-hetero) is 1. The first-order valence-corrected chi connectivity index (χ1v) is 9.94. The number of ketones is 1. The first-order chi connectivity index (χ1) is 14.4. The number of benzene rings is 2. The molecule has 0 aromatic heterocycles. The van der Waals surface area contributed by atoms with E-state index in [1.54, 1.807) is 32.4 Å². The van der Waals surface area contributed by atoms with Crippen LogP contribution in [0.4, 0.5) is 0 Å². The van der Waals surface area contributed by atoms with E-state index in [1.165, 1.54) is 4.90 Å². The second-order valence-electron chi connectivity index (χ2n) is 7.26. The maximum absolute atomic E-state index is 13.0. The van der Waals surface area contributed by atoms with Gasteiger partial charge < -0.3 is 19.5 Å². The van der Waals surface area contributed by atoms with Crippen LogP contribution in [0.2, 0.25) is 0 Å². The molecule has 1 saturated heterocycles. The number of aliphatic hydroxyl groups excluding tert-OH is 1. The van der Waals surface area contributed by atoms with Gasteiger partial charge in [-0.25, -0.2) is 0 Å². The molecule has 6 nitrogen and oxygen atoms in total. The molecule has 1 amide bonds. The van der Waals surface area contributed by atoms with Crippen molar-refractivity contribution in [3.8, 4) is 5.75 Å². The third-order valence-electron chi connectivity index (χ3n) is 5.47. The molecule has 0 bridgehead atoms.